The Bertz CT molecular complexity index is 898. The number of nitrogens with zero attached hydrogens (tertiary/aromatic N) is 2. The van der Waals surface area contributed by atoms with Gasteiger partial charge in [-0.1, -0.05) is 27.5 Å². The molecule has 0 spiro atoms. The molecule has 1 fully saturated rings. The number of carbonyl (C=O) groups excluding carboxylic acids is 2. The van der Waals surface area contributed by atoms with Crippen LogP contribution in [0.25, 0.3) is 0 Å². The zero-order chi connectivity index (χ0) is 20.3. The van der Waals surface area contributed by atoms with Crippen LogP contribution in [0.1, 0.15) is 20.7 Å². The van der Waals surface area contributed by atoms with Crippen molar-refractivity contribution in [1.29, 1.82) is 0 Å². The molecule has 1 aliphatic heterocycles. The highest BCUT2D eigenvalue weighted by molar-refractivity contribution is 9.10. The van der Waals surface area contributed by atoms with Crippen molar-refractivity contribution in [2.24, 2.45) is 0 Å². The van der Waals surface area contributed by atoms with Gasteiger partial charge in [0.2, 0.25) is 0 Å². The van der Waals surface area contributed by atoms with Gasteiger partial charge in [-0.3, -0.25) is 4.79 Å². The Morgan fingerprint density at radius 2 is 1.82 bits per heavy atom. The second-order valence-electron chi connectivity index (χ2n) is 6.59. The second kappa shape index (κ2) is 8.94. The van der Waals surface area contributed by atoms with Gasteiger partial charge in [-0.2, -0.15) is 0 Å². The van der Waals surface area contributed by atoms with Crippen LogP contribution in [-0.2, 0) is 4.74 Å². The van der Waals surface area contributed by atoms with Gasteiger partial charge in [-0.15, -0.1) is 0 Å². The average molecular weight is 467 g/mol. The molecule has 1 aliphatic rings. The molecular weight excluding hydrogens is 446 g/mol. The van der Waals surface area contributed by atoms with Crippen LogP contribution < -0.4 is 10.2 Å². The van der Waals surface area contributed by atoms with Crippen LogP contribution in [0.2, 0.25) is 5.02 Å². The van der Waals surface area contributed by atoms with Crippen LogP contribution in [-0.4, -0.2) is 57.1 Å². The van der Waals surface area contributed by atoms with Crippen molar-refractivity contribution >= 4 is 50.8 Å². The summed E-state index contributed by atoms with van der Waals surface area (Å²) in [6.07, 6.45) is 0. The van der Waals surface area contributed by atoms with E-state index in [0.717, 1.165) is 36.3 Å². The predicted octanol–water partition coefficient (Wildman–Crippen LogP) is 3.89. The number of ether oxygens (including phenoxy) is 1. The number of hydrogen-bond donors (Lipinski definition) is 1. The van der Waals surface area contributed by atoms with Gasteiger partial charge in [-0.05, 0) is 43.4 Å². The molecule has 1 saturated heterocycles. The third kappa shape index (κ3) is 4.66. The third-order valence-corrected chi connectivity index (χ3v) is 5.51. The monoisotopic (exact) mass is 465 g/mol. The molecule has 0 atom stereocenters. The Labute approximate surface area is 177 Å². The van der Waals surface area contributed by atoms with Crippen molar-refractivity contribution in [3.8, 4) is 0 Å². The minimum atomic E-state index is -0.457. The van der Waals surface area contributed by atoms with Gasteiger partial charge < -0.3 is 19.9 Å². The van der Waals surface area contributed by atoms with Crippen LogP contribution in [0, 0.1) is 0 Å². The Hall–Kier alpha value is -2.09. The molecule has 3 rings (SSSR count). The lowest BCUT2D eigenvalue weighted by Gasteiger charge is -2.35. The highest BCUT2D eigenvalue weighted by atomic mass is 79.9. The maximum Gasteiger partial charge on any atom is 0.337 e. The maximum absolute atomic E-state index is 12.9. The predicted molar refractivity (Wildman–Crippen MR) is 115 cm³/mol. The molecule has 1 amide bonds. The second-order valence-corrected chi connectivity index (χ2v) is 7.92. The molecule has 0 bridgehead atoms. The normalized spacial score (nSPS) is 14.6. The van der Waals surface area contributed by atoms with E-state index in [-0.39, 0.29) is 5.91 Å². The summed E-state index contributed by atoms with van der Waals surface area (Å²) in [7, 11) is 3.41. The van der Waals surface area contributed by atoms with E-state index >= 15 is 0 Å². The number of piperazine rings is 1. The van der Waals surface area contributed by atoms with Gasteiger partial charge in [-0.25, -0.2) is 4.79 Å². The summed E-state index contributed by atoms with van der Waals surface area (Å²) in [6, 6.07) is 10.3. The number of rotatable bonds is 4. The molecule has 0 unspecified atom stereocenters. The number of methoxy groups -OCH3 is 1. The number of anilines is 2. The number of carbonyl (C=O) groups is 2. The summed E-state index contributed by atoms with van der Waals surface area (Å²) in [5.74, 6) is -0.801. The average Bonchev–Trinajstić information content (AvgIpc) is 2.69. The summed E-state index contributed by atoms with van der Waals surface area (Å²) < 4.78 is 5.57. The quantitative estimate of drug-likeness (QED) is 0.693. The lowest BCUT2D eigenvalue weighted by Crippen LogP contribution is -2.44. The minimum absolute atomic E-state index is 0.344. The van der Waals surface area contributed by atoms with Gasteiger partial charge in [0.1, 0.15) is 0 Å². The molecule has 0 aliphatic carbocycles. The van der Waals surface area contributed by atoms with E-state index in [9.17, 15) is 9.59 Å². The smallest absolute Gasteiger partial charge is 0.337 e. The molecule has 2 aromatic carbocycles. The first-order valence-corrected chi connectivity index (χ1v) is 9.98. The minimum Gasteiger partial charge on any atom is -0.465 e. The first-order valence-electron chi connectivity index (χ1n) is 8.81. The van der Waals surface area contributed by atoms with Crippen molar-refractivity contribution in [2.75, 3.05) is 50.6 Å². The molecule has 8 heteroatoms. The highest BCUT2D eigenvalue weighted by Crippen LogP contribution is 2.30. The Morgan fingerprint density at radius 1 is 1.11 bits per heavy atom. The number of benzene rings is 2. The van der Waals surface area contributed by atoms with E-state index in [4.69, 9.17) is 16.3 Å². The molecule has 148 valence electrons. The summed E-state index contributed by atoms with van der Waals surface area (Å²) in [4.78, 5) is 29.3. The number of esters is 1. The van der Waals surface area contributed by atoms with E-state index in [2.05, 4.69) is 38.1 Å². The van der Waals surface area contributed by atoms with Gasteiger partial charge in [0.25, 0.3) is 5.91 Å². The molecule has 6 nitrogen and oxygen atoms in total. The Balaban J connectivity index is 1.95. The zero-order valence-corrected chi connectivity index (χ0v) is 18.0. The van der Waals surface area contributed by atoms with Gasteiger partial charge in [0.05, 0.1) is 34.6 Å². The van der Waals surface area contributed by atoms with Crippen LogP contribution >= 0.6 is 27.5 Å². The fraction of sp³-hybridized carbons (Fsp3) is 0.300. The van der Waals surface area contributed by atoms with Crippen molar-refractivity contribution in [3.05, 3.63) is 57.0 Å². The van der Waals surface area contributed by atoms with Crippen LogP contribution in [0.4, 0.5) is 11.4 Å². The van der Waals surface area contributed by atoms with E-state index in [1.807, 2.05) is 6.07 Å². The van der Waals surface area contributed by atoms with E-state index in [1.165, 1.54) is 7.11 Å². The molecule has 0 aromatic heterocycles. The summed E-state index contributed by atoms with van der Waals surface area (Å²) >= 11 is 9.55. The van der Waals surface area contributed by atoms with Crippen LogP contribution in [0.3, 0.4) is 0 Å². The number of halogens is 2. The van der Waals surface area contributed by atoms with Crippen molar-refractivity contribution in [1.82, 2.24) is 4.90 Å². The van der Waals surface area contributed by atoms with Gasteiger partial charge >= 0.3 is 5.97 Å². The Kier molecular flexibility index (Phi) is 6.59. The summed E-state index contributed by atoms with van der Waals surface area (Å²) in [6.45, 7) is 3.50. The van der Waals surface area contributed by atoms with Crippen LogP contribution in [0.5, 0.6) is 0 Å². The topological polar surface area (TPSA) is 61.9 Å². The van der Waals surface area contributed by atoms with Gasteiger partial charge in [0.15, 0.2) is 0 Å². The number of amides is 1. The molecule has 0 saturated carbocycles. The fourth-order valence-electron chi connectivity index (χ4n) is 3.07. The third-order valence-electron chi connectivity index (χ3n) is 4.68. The first kappa shape index (κ1) is 20.6. The fourth-order valence-corrected chi connectivity index (χ4v) is 3.63. The maximum atomic E-state index is 12.9. The van der Waals surface area contributed by atoms with Crippen molar-refractivity contribution < 1.29 is 14.3 Å². The molecule has 28 heavy (non-hydrogen) atoms. The molecule has 2 aromatic rings. The molecule has 1 N–H and O–H groups in total. The first-order chi connectivity index (χ1) is 13.4. The Morgan fingerprint density at radius 3 is 2.50 bits per heavy atom. The number of likely N-dealkylation sites (N-methyl/N-ethyl adjacent to an activating group) is 1. The number of nitrogens with one attached hydrogen (secondary N) is 1. The summed E-state index contributed by atoms with van der Waals surface area (Å²) in [5, 5.41) is 3.27. The molecule has 0 radical (unpaired) electrons. The van der Waals surface area contributed by atoms with Crippen molar-refractivity contribution in [3.63, 3.8) is 0 Å². The SMILES string of the molecule is COC(=O)c1ccc(N2CCN(C)CC2)c(NC(=O)c2cc(Br)ccc2Cl)c1. The van der Waals surface area contributed by atoms with E-state index < -0.39 is 5.97 Å². The largest absolute Gasteiger partial charge is 0.465 e. The summed E-state index contributed by atoms with van der Waals surface area (Å²) in [5.41, 5.74) is 2.13. The highest BCUT2D eigenvalue weighted by Gasteiger charge is 2.21. The van der Waals surface area contributed by atoms with Gasteiger partial charge in [0, 0.05) is 30.7 Å². The number of hydrogen-bond acceptors (Lipinski definition) is 5. The molecule has 1 heterocycles. The van der Waals surface area contributed by atoms with Crippen molar-refractivity contribution in [2.45, 2.75) is 0 Å². The standard InChI is InChI=1S/C20H21BrClN3O3/c1-24-7-9-25(10-8-24)18-6-3-13(20(27)28-2)11-17(18)23-19(26)15-12-14(21)4-5-16(15)22/h3-6,11-12H,7-10H2,1-2H3,(H,23,26). The lowest BCUT2D eigenvalue weighted by molar-refractivity contribution is 0.0600. The molecular formula is C20H21BrClN3O3. The van der Waals surface area contributed by atoms with E-state index in [0.29, 0.717) is 21.8 Å². The lowest BCUT2D eigenvalue weighted by atomic mass is 10.1. The zero-order valence-electron chi connectivity index (χ0n) is 15.7. The van der Waals surface area contributed by atoms with Crippen LogP contribution in [0.15, 0.2) is 40.9 Å². The van der Waals surface area contributed by atoms with E-state index in [1.54, 1.807) is 30.3 Å².